The molecule has 0 aromatic heterocycles. The maximum absolute atomic E-state index is 11.7. The molecule has 0 bridgehead atoms. The number of carbonyl (C=O) groups is 2. The summed E-state index contributed by atoms with van der Waals surface area (Å²) < 4.78 is 0. The van der Waals surface area contributed by atoms with Crippen LogP contribution in [-0.2, 0) is 4.79 Å². The molecule has 3 N–H and O–H groups in total. The Morgan fingerprint density at radius 1 is 1.19 bits per heavy atom. The summed E-state index contributed by atoms with van der Waals surface area (Å²) in [6.07, 6.45) is -1.11. The Hall–Kier alpha value is -1.34. The highest BCUT2D eigenvalue weighted by Crippen LogP contribution is 2.09. The molecule has 0 unspecified atom stereocenters. The third-order valence-corrected chi connectivity index (χ3v) is 2.34. The van der Waals surface area contributed by atoms with E-state index in [-0.39, 0.29) is 5.91 Å². The van der Waals surface area contributed by atoms with E-state index in [1.165, 1.54) is 23.8 Å². The zero-order valence-corrected chi connectivity index (χ0v) is 9.43. The number of carboxylic acid groups (broad SMARTS) is 1. The Kier molecular flexibility index (Phi) is 3.71. The molecule has 0 aromatic rings. The molecule has 0 aromatic carbocycles. The molecule has 1 saturated heterocycles. The average Bonchev–Trinajstić information content (AvgIpc) is 2.15. The zero-order valence-electron chi connectivity index (χ0n) is 9.43. The molecule has 0 spiro atoms. The topological polar surface area (TPSA) is 93.1 Å². The highest BCUT2D eigenvalue weighted by Gasteiger charge is 2.31. The van der Waals surface area contributed by atoms with E-state index in [1.807, 2.05) is 0 Å². The molecule has 16 heavy (non-hydrogen) atoms. The van der Waals surface area contributed by atoms with E-state index in [0.29, 0.717) is 26.2 Å². The van der Waals surface area contributed by atoms with E-state index < -0.39 is 11.7 Å². The van der Waals surface area contributed by atoms with Gasteiger partial charge < -0.3 is 15.1 Å². The van der Waals surface area contributed by atoms with E-state index in [4.69, 9.17) is 5.11 Å². The molecule has 1 aliphatic heterocycles. The second kappa shape index (κ2) is 4.67. The maximum atomic E-state index is 11.7. The van der Waals surface area contributed by atoms with Crippen LogP contribution in [0.3, 0.4) is 0 Å². The van der Waals surface area contributed by atoms with Crippen molar-refractivity contribution in [2.75, 3.05) is 26.2 Å². The molecule has 7 nitrogen and oxygen atoms in total. The summed E-state index contributed by atoms with van der Waals surface area (Å²) in [6.45, 7) is 4.54. The number of hydrogen-bond donors (Lipinski definition) is 3. The monoisotopic (exact) mass is 231 g/mol. The summed E-state index contributed by atoms with van der Waals surface area (Å²) in [5, 5.41) is 19.6. The molecular formula is C9H17N3O4. The van der Waals surface area contributed by atoms with Crippen LogP contribution in [0.5, 0.6) is 0 Å². The minimum atomic E-state index is -1.37. The number of amides is 2. The van der Waals surface area contributed by atoms with Crippen LogP contribution in [0.25, 0.3) is 0 Å². The lowest BCUT2D eigenvalue weighted by Crippen LogP contribution is -2.57. The van der Waals surface area contributed by atoms with Gasteiger partial charge in [-0.1, -0.05) is 0 Å². The van der Waals surface area contributed by atoms with Crippen molar-refractivity contribution in [2.45, 2.75) is 19.4 Å². The Morgan fingerprint density at radius 3 is 2.06 bits per heavy atom. The summed E-state index contributed by atoms with van der Waals surface area (Å²) in [7, 11) is 0. The van der Waals surface area contributed by atoms with Gasteiger partial charge >= 0.3 is 6.09 Å². The van der Waals surface area contributed by atoms with Gasteiger partial charge in [0.25, 0.3) is 5.91 Å². The molecule has 7 heteroatoms. The van der Waals surface area contributed by atoms with Gasteiger partial charge in [-0.25, -0.2) is 9.80 Å². The molecule has 0 saturated carbocycles. The Labute approximate surface area is 93.6 Å². The molecule has 0 radical (unpaired) electrons. The first-order chi connectivity index (χ1) is 7.30. The van der Waals surface area contributed by atoms with Crippen molar-refractivity contribution in [1.82, 2.24) is 15.3 Å². The van der Waals surface area contributed by atoms with Crippen molar-refractivity contribution in [3.8, 4) is 0 Å². The minimum absolute atomic E-state index is 0.331. The van der Waals surface area contributed by atoms with E-state index in [1.54, 1.807) is 0 Å². The number of hydrazine groups is 1. The van der Waals surface area contributed by atoms with Gasteiger partial charge in [-0.2, -0.15) is 0 Å². The SMILES string of the molecule is CC(C)(O)C(=O)N1CCN(NC(=O)O)CC1. The number of rotatable bonds is 2. The molecule has 92 valence electrons. The fraction of sp³-hybridized carbons (Fsp3) is 0.778. The quantitative estimate of drug-likeness (QED) is 0.571. The van der Waals surface area contributed by atoms with Gasteiger partial charge in [-0.05, 0) is 13.8 Å². The van der Waals surface area contributed by atoms with Crippen LogP contribution in [0.1, 0.15) is 13.8 Å². The van der Waals surface area contributed by atoms with Gasteiger partial charge in [-0.3, -0.25) is 10.2 Å². The Morgan fingerprint density at radius 2 is 1.69 bits per heavy atom. The molecular weight excluding hydrogens is 214 g/mol. The van der Waals surface area contributed by atoms with Crippen molar-refractivity contribution in [3.63, 3.8) is 0 Å². The smallest absolute Gasteiger partial charge is 0.419 e. The van der Waals surface area contributed by atoms with Gasteiger partial charge in [0.05, 0.1) is 0 Å². The lowest BCUT2D eigenvalue weighted by Gasteiger charge is -2.36. The normalized spacial score (nSPS) is 18.3. The van der Waals surface area contributed by atoms with Crippen molar-refractivity contribution >= 4 is 12.0 Å². The van der Waals surface area contributed by atoms with Gasteiger partial charge in [-0.15, -0.1) is 0 Å². The number of hydrogen-bond acceptors (Lipinski definition) is 4. The third-order valence-electron chi connectivity index (χ3n) is 2.34. The lowest BCUT2D eigenvalue weighted by molar-refractivity contribution is -0.149. The third kappa shape index (κ3) is 3.35. The lowest BCUT2D eigenvalue weighted by atomic mass is 10.1. The van der Waals surface area contributed by atoms with Crippen LogP contribution in [0.4, 0.5) is 4.79 Å². The maximum Gasteiger partial charge on any atom is 0.419 e. The summed E-state index contributed by atoms with van der Waals surface area (Å²) in [6, 6.07) is 0. The van der Waals surface area contributed by atoms with Gasteiger partial charge in [0.1, 0.15) is 5.60 Å². The summed E-state index contributed by atoms with van der Waals surface area (Å²) in [5.74, 6) is -0.331. The molecule has 2 amide bonds. The predicted molar refractivity (Wildman–Crippen MR) is 55.6 cm³/mol. The van der Waals surface area contributed by atoms with E-state index in [0.717, 1.165) is 0 Å². The van der Waals surface area contributed by atoms with Crippen LogP contribution in [0, 0.1) is 0 Å². The molecule has 1 aliphatic rings. The Bertz CT molecular complexity index is 279. The van der Waals surface area contributed by atoms with Crippen LogP contribution in [-0.4, -0.2) is 63.9 Å². The number of aliphatic hydroxyl groups is 1. The summed E-state index contributed by atoms with van der Waals surface area (Å²) >= 11 is 0. The fourth-order valence-corrected chi connectivity index (χ4v) is 1.54. The van der Waals surface area contributed by atoms with Crippen LogP contribution in [0.2, 0.25) is 0 Å². The number of nitrogens with zero attached hydrogens (tertiary/aromatic N) is 2. The van der Waals surface area contributed by atoms with Crippen molar-refractivity contribution in [3.05, 3.63) is 0 Å². The highest BCUT2D eigenvalue weighted by molar-refractivity contribution is 5.84. The molecule has 0 aliphatic carbocycles. The van der Waals surface area contributed by atoms with Crippen LogP contribution >= 0.6 is 0 Å². The van der Waals surface area contributed by atoms with Crippen molar-refractivity contribution in [2.24, 2.45) is 0 Å². The molecule has 0 atom stereocenters. The van der Waals surface area contributed by atoms with Gasteiger partial charge in [0, 0.05) is 26.2 Å². The van der Waals surface area contributed by atoms with Crippen LogP contribution < -0.4 is 5.43 Å². The largest absolute Gasteiger partial charge is 0.464 e. The van der Waals surface area contributed by atoms with Gasteiger partial charge in [0.2, 0.25) is 0 Å². The van der Waals surface area contributed by atoms with E-state index in [9.17, 15) is 14.7 Å². The molecule has 1 fully saturated rings. The predicted octanol–water partition coefficient (Wildman–Crippen LogP) is -0.916. The summed E-state index contributed by atoms with van der Waals surface area (Å²) in [5.41, 5.74) is 0.857. The Balaban J connectivity index is 2.43. The van der Waals surface area contributed by atoms with E-state index in [2.05, 4.69) is 5.43 Å². The van der Waals surface area contributed by atoms with Crippen molar-refractivity contribution in [1.29, 1.82) is 0 Å². The summed E-state index contributed by atoms with van der Waals surface area (Å²) in [4.78, 5) is 23.6. The number of nitrogens with one attached hydrogen (secondary N) is 1. The average molecular weight is 231 g/mol. The highest BCUT2D eigenvalue weighted by atomic mass is 16.4. The van der Waals surface area contributed by atoms with Crippen molar-refractivity contribution < 1.29 is 19.8 Å². The van der Waals surface area contributed by atoms with Crippen LogP contribution in [0.15, 0.2) is 0 Å². The standard InChI is InChI=1S/C9H17N3O4/c1-9(2,16)7(13)11-3-5-12(6-4-11)10-8(14)15/h10,16H,3-6H2,1-2H3,(H,14,15). The first-order valence-electron chi connectivity index (χ1n) is 5.07. The molecule has 1 rings (SSSR count). The minimum Gasteiger partial charge on any atom is -0.464 e. The van der Waals surface area contributed by atoms with Gasteiger partial charge in [0.15, 0.2) is 0 Å². The molecule has 1 heterocycles. The first-order valence-corrected chi connectivity index (χ1v) is 5.07. The second-order valence-electron chi connectivity index (χ2n) is 4.26. The fourth-order valence-electron chi connectivity index (χ4n) is 1.54. The zero-order chi connectivity index (χ0) is 12.3. The number of piperazine rings is 1. The second-order valence-corrected chi connectivity index (χ2v) is 4.26. The number of carbonyl (C=O) groups excluding carboxylic acids is 1. The van der Waals surface area contributed by atoms with E-state index >= 15 is 0 Å². The first kappa shape index (κ1) is 12.7.